The molecule has 0 unspecified atom stereocenters. The number of nitrogens with one attached hydrogen (secondary N) is 1. The lowest BCUT2D eigenvalue weighted by Crippen LogP contribution is -2.11. The van der Waals surface area contributed by atoms with Crippen molar-refractivity contribution in [2.75, 3.05) is 11.9 Å². The number of nitrogens with zero attached hydrogens (tertiary/aromatic N) is 4. The van der Waals surface area contributed by atoms with E-state index in [1.165, 1.54) is 0 Å². The summed E-state index contributed by atoms with van der Waals surface area (Å²) in [6, 6.07) is 0. The molecule has 5 heteroatoms. The number of unbranched alkanes of at least 4 members (excludes halogenated alkanes) is 1. The molecule has 2 rings (SSSR count). The summed E-state index contributed by atoms with van der Waals surface area (Å²) in [5.41, 5.74) is 0. The van der Waals surface area contributed by atoms with E-state index < -0.39 is 0 Å². The summed E-state index contributed by atoms with van der Waals surface area (Å²) in [7, 11) is 0. The lowest BCUT2D eigenvalue weighted by atomic mass is 10.2. The van der Waals surface area contributed by atoms with Gasteiger partial charge in [0.15, 0.2) is 0 Å². The molecule has 0 aliphatic rings. The fourth-order valence-corrected chi connectivity index (χ4v) is 2.06. The zero-order valence-corrected chi connectivity index (χ0v) is 11.8. The molecule has 2 aromatic heterocycles. The van der Waals surface area contributed by atoms with E-state index in [1.807, 2.05) is 31.1 Å². The van der Waals surface area contributed by atoms with Gasteiger partial charge in [0.1, 0.15) is 0 Å². The van der Waals surface area contributed by atoms with E-state index in [-0.39, 0.29) is 0 Å². The molecular weight excluding hydrogens is 238 g/mol. The molecule has 1 N–H and O–H groups in total. The van der Waals surface area contributed by atoms with Crippen molar-refractivity contribution in [3.05, 3.63) is 31.1 Å². The van der Waals surface area contributed by atoms with Crippen molar-refractivity contribution < 1.29 is 0 Å². The average Bonchev–Trinajstić information content (AvgIpc) is 3.00. The number of hydrogen-bond acceptors (Lipinski definition) is 3. The molecule has 0 fully saturated rings. The summed E-state index contributed by atoms with van der Waals surface area (Å²) in [6.45, 7) is 7.44. The van der Waals surface area contributed by atoms with E-state index in [2.05, 4.69) is 38.3 Å². The van der Waals surface area contributed by atoms with Gasteiger partial charge in [0.25, 0.3) is 0 Å². The van der Waals surface area contributed by atoms with Crippen molar-refractivity contribution in [2.45, 2.75) is 39.8 Å². The number of anilines is 1. The van der Waals surface area contributed by atoms with Gasteiger partial charge in [0.2, 0.25) is 5.95 Å². The molecule has 0 saturated carbocycles. The van der Waals surface area contributed by atoms with Crippen LogP contribution in [-0.2, 0) is 13.1 Å². The molecule has 2 heterocycles. The molecule has 104 valence electrons. The third kappa shape index (κ3) is 4.43. The van der Waals surface area contributed by atoms with Gasteiger partial charge in [0, 0.05) is 44.4 Å². The highest BCUT2D eigenvalue weighted by atomic mass is 15.2. The van der Waals surface area contributed by atoms with Crippen LogP contribution >= 0.6 is 0 Å². The van der Waals surface area contributed by atoms with Gasteiger partial charge < -0.3 is 14.5 Å². The molecular formula is C14H23N5. The highest BCUT2D eigenvalue weighted by Crippen LogP contribution is 2.08. The van der Waals surface area contributed by atoms with Crippen LogP contribution in [0.5, 0.6) is 0 Å². The zero-order chi connectivity index (χ0) is 13.5. The Morgan fingerprint density at radius 3 is 2.84 bits per heavy atom. The summed E-state index contributed by atoms with van der Waals surface area (Å²) in [5.74, 6) is 1.62. The Hall–Kier alpha value is -1.78. The normalized spacial score (nSPS) is 11.1. The molecule has 0 radical (unpaired) electrons. The van der Waals surface area contributed by atoms with E-state index in [9.17, 15) is 0 Å². The van der Waals surface area contributed by atoms with Crippen LogP contribution in [0.1, 0.15) is 26.7 Å². The summed E-state index contributed by atoms with van der Waals surface area (Å²) in [5, 5.41) is 3.41. The Morgan fingerprint density at radius 1 is 1.21 bits per heavy atom. The molecule has 19 heavy (non-hydrogen) atoms. The van der Waals surface area contributed by atoms with Crippen LogP contribution < -0.4 is 5.32 Å². The average molecular weight is 261 g/mol. The Balaban J connectivity index is 1.66. The predicted molar refractivity (Wildman–Crippen MR) is 77.0 cm³/mol. The van der Waals surface area contributed by atoms with Crippen molar-refractivity contribution in [1.29, 1.82) is 0 Å². The SMILES string of the molecule is CC(C)Cn1ccnc1NCCCCn1ccnc1. The molecule has 0 aromatic carbocycles. The third-order valence-electron chi connectivity index (χ3n) is 2.96. The fourth-order valence-electron chi connectivity index (χ4n) is 2.06. The van der Waals surface area contributed by atoms with E-state index in [1.54, 1.807) is 0 Å². The first kappa shape index (κ1) is 13.6. The Labute approximate surface area is 114 Å². The van der Waals surface area contributed by atoms with Crippen molar-refractivity contribution in [3.8, 4) is 0 Å². The van der Waals surface area contributed by atoms with E-state index in [0.717, 1.165) is 38.4 Å². The topological polar surface area (TPSA) is 47.7 Å². The van der Waals surface area contributed by atoms with Crippen LogP contribution in [0.25, 0.3) is 0 Å². The second-order valence-corrected chi connectivity index (χ2v) is 5.23. The van der Waals surface area contributed by atoms with Crippen molar-refractivity contribution >= 4 is 5.95 Å². The third-order valence-corrected chi connectivity index (χ3v) is 2.96. The molecule has 0 spiro atoms. The maximum atomic E-state index is 4.35. The predicted octanol–water partition coefficient (Wildman–Crippen LogP) is 2.63. The van der Waals surface area contributed by atoms with E-state index >= 15 is 0 Å². The second-order valence-electron chi connectivity index (χ2n) is 5.23. The Morgan fingerprint density at radius 2 is 2.11 bits per heavy atom. The van der Waals surface area contributed by atoms with Gasteiger partial charge in [-0.25, -0.2) is 9.97 Å². The molecule has 0 atom stereocenters. The van der Waals surface area contributed by atoms with Crippen molar-refractivity contribution in [3.63, 3.8) is 0 Å². The zero-order valence-electron chi connectivity index (χ0n) is 11.8. The standard InChI is InChI=1S/C14H23N5/c1-13(2)11-19-10-7-17-14(19)16-5-3-4-8-18-9-6-15-12-18/h6-7,9-10,12-13H,3-5,8,11H2,1-2H3,(H,16,17). The van der Waals surface area contributed by atoms with Crippen LogP contribution in [-0.4, -0.2) is 25.6 Å². The summed E-state index contributed by atoms with van der Waals surface area (Å²) >= 11 is 0. The highest BCUT2D eigenvalue weighted by molar-refractivity contribution is 5.25. The first-order valence-electron chi connectivity index (χ1n) is 6.96. The largest absolute Gasteiger partial charge is 0.356 e. The fraction of sp³-hybridized carbons (Fsp3) is 0.571. The summed E-state index contributed by atoms with van der Waals surface area (Å²) in [6.07, 6.45) is 11.9. The summed E-state index contributed by atoms with van der Waals surface area (Å²) in [4.78, 5) is 8.39. The Kier molecular flexibility index (Phi) is 5.01. The number of aromatic nitrogens is 4. The Bertz CT molecular complexity index is 458. The number of hydrogen-bond donors (Lipinski definition) is 1. The molecule has 5 nitrogen and oxygen atoms in total. The van der Waals surface area contributed by atoms with Crippen molar-refractivity contribution in [2.24, 2.45) is 5.92 Å². The van der Waals surface area contributed by atoms with Gasteiger partial charge >= 0.3 is 0 Å². The molecule has 0 aliphatic heterocycles. The lowest BCUT2D eigenvalue weighted by Gasteiger charge is -2.11. The van der Waals surface area contributed by atoms with Crippen LogP contribution in [0.4, 0.5) is 5.95 Å². The van der Waals surface area contributed by atoms with E-state index in [0.29, 0.717) is 5.92 Å². The maximum absolute atomic E-state index is 4.35. The number of rotatable bonds is 8. The van der Waals surface area contributed by atoms with Crippen LogP contribution in [0.15, 0.2) is 31.1 Å². The minimum Gasteiger partial charge on any atom is -0.356 e. The van der Waals surface area contributed by atoms with Gasteiger partial charge in [-0.15, -0.1) is 0 Å². The second kappa shape index (κ2) is 6.97. The quantitative estimate of drug-likeness (QED) is 0.743. The molecule has 0 aliphatic carbocycles. The lowest BCUT2D eigenvalue weighted by molar-refractivity contribution is 0.525. The maximum Gasteiger partial charge on any atom is 0.202 e. The van der Waals surface area contributed by atoms with E-state index in [4.69, 9.17) is 0 Å². The monoisotopic (exact) mass is 261 g/mol. The highest BCUT2D eigenvalue weighted by Gasteiger charge is 2.03. The van der Waals surface area contributed by atoms with Crippen molar-refractivity contribution in [1.82, 2.24) is 19.1 Å². The molecule has 0 saturated heterocycles. The molecule has 2 aromatic rings. The van der Waals surface area contributed by atoms with Gasteiger partial charge in [-0.2, -0.15) is 0 Å². The molecule has 0 amide bonds. The van der Waals surface area contributed by atoms with Gasteiger partial charge in [-0.3, -0.25) is 0 Å². The first-order chi connectivity index (χ1) is 9.25. The van der Waals surface area contributed by atoms with Crippen LogP contribution in [0.2, 0.25) is 0 Å². The van der Waals surface area contributed by atoms with Crippen LogP contribution in [0, 0.1) is 5.92 Å². The van der Waals surface area contributed by atoms with Gasteiger partial charge in [-0.05, 0) is 18.8 Å². The number of aryl methyl sites for hydroxylation is 1. The molecule has 0 bridgehead atoms. The minimum atomic E-state index is 0.635. The van der Waals surface area contributed by atoms with Crippen LogP contribution in [0.3, 0.4) is 0 Å². The smallest absolute Gasteiger partial charge is 0.202 e. The van der Waals surface area contributed by atoms with Gasteiger partial charge in [0.05, 0.1) is 6.33 Å². The minimum absolute atomic E-state index is 0.635. The first-order valence-corrected chi connectivity index (χ1v) is 6.96. The summed E-state index contributed by atoms with van der Waals surface area (Å²) < 4.78 is 4.29. The van der Waals surface area contributed by atoms with Gasteiger partial charge in [-0.1, -0.05) is 13.8 Å². The number of imidazole rings is 2.